The molecule has 2 aromatic carbocycles. The lowest BCUT2D eigenvalue weighted by atomic mass is 9.80. The van der Waals surface area contributed by atoms with E-state index in [-0.39, 0.29) is 0 Å². The summed E-state index contributed by atoms with van der Waals surface area (Å²) >= 11 is 0. The van der Waals surface area contributed by atoms with Crippen LogP contribution in [0.2, 0.25) is 0 Å². The minimum absolute atomic E-state index is 0.620. The molecular formula is C22H27F. The summed E-state index contributed by atoms with van der Waals surface area (Å²) in [6.45, 7) is 1.65. The molecule has 0 radical (unpaired) electrons. The third kappa shape index (κ3) is 4.22. The smallest absolute Gasteiger partial charge is 0.0976 e. The lowest BCUT2D eigenvalue weighted by molar-refractivity contribution is 0.341. The van der Waals surface area contributed by atoms with Crippen molar-refractivity contribution in [3.63, 3.8) is 0 Å². The van der Waals surface area contributed by atoms with Crippen LogP contribution >= 0.6 is 0 Å². The van der Waals surface area contributed by atoms with E-state index in [9.17, 15) is 4.39 Å². The van der Waals surface area contributed by atoms with E-state index in [1.807, 2.05) is 0 Å². The van der Waals surface area contributed by atoms with Crippen molar-refractivity contribution in [2.75, 3.05) is 0 Å². The van der Waals surface area contributed by atoms with Crippen molar-refractivity contribution in [1.82, 2.24) is 0 Å². The van der Waals surface area contributed by atoms with Crippen LogP contribution in [0.5, 0.6) is 0 Å². The number of aryl methyl sites for hydroxylation is 1. The minimum atomic E-state index is -0.720. The Labute approximate surface area is 139 Å². The van der Waals surface area contributed by atoms with Gasteiger partial charge in [0.2, 0.25) is 0 Å². The standard InChI is InChI=1S/C22H27F/c1-17(23)12-13-18-14-15-21(19-8-4-2-5-9-19)22(16-18)20-10-6-3-7-11-20/h2,4-5,8-9,14-17,20H,3,6-7,10-13H2,1H3. The van der Waals surface area contributed by atoms with Gasteiger partial charge in [0, 0.05) is 0 Å². The summed E-state index contributed by atoms with van der Waals surface area (Å²) in [5, 5.41) is 0. The summed E-state index contributed by atoms with van der Waals surface area (Å²) in [6, 6.07) is 17.5. The number of alkyl halides is 1. The van der Waals surface area contributed by atoms with Gasteiger partial charge in [0.05, 0.1) is 6.17 Å². The van der Waals surface area contributed by atoms with Gasteiger partial charge in [-0.1, -0.05) is 67.8 Å². The van der Waals surface area contributed by atoms with E-state index in [2.05, 4.69) is 48.5 Å². The molecule has 0 nitrogen and oxygen atoms in total. The van der Waals surface area contributed by atoms with Crippen LogP contribution in [0.3, 0.4) is 0 Å². The monoisotopic (exact) mass is 310 g/mol. The molecule has 0 bridgehead atoms. The molecule has 1 aliphatic rings. The molecule has 3 rings (SSSR count). The number of hydrogen-bond acceptors (Lipinski definition) is 0. The topological polar surface area (TPSA) is 0 Å². The molecule has 122 valence electrons. The van der Waals surface area contributed by atoms with Gasteiger partial charge in [-0.15, -0.1) is 0 Å². The number of halogens is 1. The zero-order chi connectivity index (χ0) is 16.1. The first kappa shape index (κ1) is 16.2. The number of rotatable bonds is 5. The zero-order valence-corrected chi connectivity index (χ0v) is 14.1. The Balaban J connectivity index is 1.94. The second-order valence-electron chi connectivity index (χ2n) is 6.94. The highest BCUT2D eigenvalue weighted by molar-refractivity contribution is 5.68. The van der Waals surface area contributed by atoms with Crippen molar-refractivity contribution in [3.05, 3.63) is 59.7 Å². The third-order valence-corrected chi connectivity index (χ3v) is 5.08. The van der Waals surface area contributed by atoms with Gasteiger partial charge in [-0.3, -0.25) is 0 Å². The second kappa shape index (κ2) is 7.77. The fourth-order valence-electron chi connectivity index (χ4n) is 3.77. The summed E-state index contributed by atoms with van der Waals surface area (Å²) < 4.78 is 13.2. The zero-order valence-electron chi connectivity index (χ0n) is 14.1. The Hall–Kier alpha value is -1.63. The summed E-state index contributed by atoms with van der Waals surface area (Å²) in [6.07, 6.45) is 7.38. The van der Waals surface area contributed by atoms with Crippen molar-refractivity contribution < 1.29 is 4.39 Å². The van der Waals surface area contributed by atoms with Gasteiger partial charge >= 0.3 is 0 Å². The molecule has 23 heavy (non-hydrogen) atoms. The maximum absolute atomic E-state index is 13.2. The second-order valence-corrected chi connectivity index (χ2v) is 6.94. The molecular weight excluding hydrogens is 283 g/mol. The highest BCUT2D eigenvalue weighted by Crippen LogP contribution is 2.38. The molecule has 2 aromatic rings. The van der Waals surface area contributed by atoms with E-state index in [1.54, 1.807) is 6.92 Å². The van der Waals surface area contributed by atoms with Crippen LogP contribution in [0.1, 0.15) is 62.5 Å². The molecule has 1 atom stereocenters. The SMILES string of the molecule is CC(F)CCc1ccc(-c2ccccc2)c(C2CCCCC2)c1. The van der Waals surface area contributed by atoms with Crippen molar-refractivity contribution in [2.45, 2.75) is 64.0 Å². The van der Waals surface area contributed by atoms with E-state index in [0.717, 1.165) is 6.42 Å². The Morgan fingerprint density at radius 1 is 1.00 bits per heavy atom. The highest BCUT2D eigenvalue weighted by atomic mass is 19.1. The van der Waals surface area contributed by atoms with Crippen LogP contribution in [0, 0.1) is 0 Å². The van der Waals surface area contributed by atoms with Crippen molar-refractivity contribution >= 4 is 0 Å². The van der Waals surface area contributed by atoms with Gasteiger partial charge in [0.25, 0.3) is 0 Å². The number of hydrogen-bond donors (Lipinski definition) is 0. The summed E-state index contributed by atoms with van der Waals surface area (Å²) in [4.78, 5) is 0. The molecule has 0 heterocycles. The predicted molar refractivity (Wildman–Crippen MR) is 96.6 cm³/mol. The Bertz CT molecular complexity index is 609. The van der Waals surface area contributed by atoms with Gasteiger partial charge in [0.1, 0.15) is 0 Å². The Kier molecular flexibility index (Phi) is 5.48. The average Bonchev–Trinajstić information content (AvgIpc) is 2.61. The van der Waals surface area contributed by atoms with E-state index in [1.165, 1.54) is 54.4 Å². The molecule has 1 saturated carbocycles. The molecule has 1 fully saturated rings. The number of benzene rings is 2. The lowest BCUT2D eigenvalue weighted by Gasteiger charge is -2.25. The summed E-state index contributed by atoms with van der Waals surface area (Å²) in [7, 11) is 0. The van der Waals surface area contributed by atoms with E-state index in [0.29, 0.717) is 12.3 Å². The van der Waals surface area contributed by atoms with Crippen LogP contribution < -0.4 is 0 Å². The average molecular weight is 310 g/mol. The molecule has 1 aliphatic carbocycles. The normalized spacial score (nSPS) is 17.1. The predicted octanol–water partition coefficient (Wildman–Crippen LogP) is 6.69. The minimum Gasteiger partial charge on any atom is -0.248 e. The highest BCUT2D eigenvalue weighted by Gasteiger charge is 2.19. The molecule has 0 saturated heterocycles. The van der Waals surface area contributed by atoms with Gasteiger partial charge in [-0.05, 0) is 60.8 Å². The van der Waals surface area contributed by atoms with E-state index >= 15 is 0 Å². The first-order valence-corrected chi connectivity index (χ1v) is 9.06. The van der Waals surface area contributed by atoms with Crippen LogP contribution in [0.25, 0.3) is 11.1 Å². The third-order valence-electron chi connectivity index (χ3n) is 5.08. The van der Waals surface area contributed by atoms with Crippen molar-refractivity contribution in [3.8, 4) is 11.1 Å². The first-order chi connectivity index (χ1) is 11.2. The maximum Gasteiger partial charge on any atom is 0.0976 e. The van der Waals surface area contributed by atoms with Gasteiger partial charge in [0.15, 0.2) is 0 Å². The largest absolute Gasteiger partial charge is 0.248 e. The fraction of sp³-hybridized carbons (Fsp3) is 0.455. The van der Waals surface area contributed by atoms with Crippen molar-refractivity contribution in [2.24, 2.45) is 0 Å². The van der Waals surface area contributed by atoms with Gasteiger partial charge < -0.3 is 0 Å². The molecule has 0 aromatic heterocycles. The first-order valence-electron chi connectivity index (χ1n) is 9.06. The summed E-state index contributed by atoms with van der Waals surface area (Å²) in [5.41, 5.74) is 5.45. The molecule has 0 aliphatic heterocycles. The maximum atomic E-state index is 13.2. The Morgan fingerprint density at radius 3 is 2.43 bits per heavy atom. The van der Waals surface area contributed by atoms with E-state index < -0.39 is 6.17 Å². The van der Waals surface area contributed by atoms with E-state index in [4.69, 9.17) is 0 Å². The van der Waals surface area contributed by atoms with Crippen LogP contribution in [0.4, 0.5) is 4.39 Å². The van der Waals surface area contributed by atoms with Crippen molar-refractivity contribution in [1.29, 1.82) is 0 Å². The van der Waals surface area contributed by atoms with Crippen LogP contribution in [0.15, 0.2) is 48.5 Å². The van der Waals surface area contributed by atoms with Gasteiger partial charge in [-0.2, -0.15) is 0 Å². The molecule has 0 amide bonds. The Morgan fingerprint density at radius 2 is 1.74 bits per heavy atom. The summed E-state index contributed by atoms with van der Waals surface area (Å²) in [5.74, 6) is 0.668. The molecule has 0 spiro atoms. The lowest BCUT2D eigenvalue weighted by Crippen LogP contribution is -2.07. The van der Waals surface area contributed by atoms with Crippen LogP contribution in [-0.4, -0.2) is 6.17 Å². The van der Waals surface area contributed by atoms with Crippen LogP contribution in [-0.2, 0) is 6.42 Å². The molecule has 0 N–H and O–H groups in total. The fourth-order valence-corrected chi connectivity index (χ4v) is 3.77. The van der Waals surface area contributed by atoms with Gasteiger partial charge in [-0.25, -0.2) is 4.39 Å². The quantitative estimate of drug-likeness (QED) is 0.577. The molecule has 1 unspecified atom stereocenters. The molecule has 1 heteroatoms.